The molecule has 0 aliphatic heterocycles. The standard InChI is InChI=1S/C9H21OP/c1-4-6-7-8-9(5-2)11(3)10/h9-10H,4-8H2,1-3H3. The zero-order chi connectivity index (χ0) is 8.69. The van der Waals surface area contributed by atoms with Gasteiger partial charge in [0, 0.05) is 13.8 Å². The van der Waals surface area contributed by atoms with Crippen LogP contribution in [0.2, 0.25) is 0 Å². The monoisotopic (exact) mass is 176 g/mol. The third-order valence-corrected chi connectivity index (χ3v) is 3.82. The lowest BCUT2D eigenvalue weighted by atomic mass is 10.1. The fourth-order valence-electron chi connectivity index (χ4n) is 1.29. The Morgan fingerprint density at radius 2 is 1.91 bits per heavy atom. The van der Waals surface area contributed by atoms with Crippen LogP contribution in [-0.2, 0) is 0 Å². The predicted octanol–water partition coefficient (Wildman–Crippen LogP) is 3.36. The third kappa shape index (κ3) is 5.64. The van der Waals surface area contributed by atoms with Gasteiger partial charge in [-0.05, 0) is 19.5 Å². The number of rotatable bonds is 6. The lowest BCUT2D eigenvalue weighted by molar-refractivity contribution is 0.568. The van der Waals surface area contributed by atoms with Gasteiger partial charge in [-0.1, -0.05) is 33.1 Å². The first kappa shape index (κ1) is 11.4. The van der Waals surface area contributed by atoms with Crippen LogP contribution < -0.4 is 0 Å². The minimum absolute atomic E-state index is 0.594. The molecule has 1 N–H and O–H groups in total. The maximum atomic E-state index is 9.38. The van der Waals surface area contributed by atoms with Gasteiger partial charge in [0.1, 0.15) is 0 Å². The molecule has 11 heavy (non-hydrogen) atoms. The van der Waals surface area contributed by atoms with Crippen LogP contribution >= 0.6 is 8.15 Å². The number of unbranched alkanes of at least 4 members (excludes halogenated alkanes) is 2. The Morgan fingerprint density at radius 3 is 2.27 bits per heavy atom. The van der Waals surface area contributed by atoms with E-state index in [1.54, 1.807) is 0 Å². The minimum Gasteiger partial charge on any atom is -0.374 e. The third-order valence-electron chi connectivity index (χ3n) is 2.14. The summed E-state index contributed by atoms with van der Waals surface area (Å²) in [5, 5.41) is 0. The molecule has 0 saturated carbocycles. The van der Waals surface area contributed by atoms with Gasteiger partial charge in [0.05, 0.1) is 0 Å². The van der Waals surface area contributed by atoms with Crippen LogP contribution in [-0.4, -0.2) is 17.2 Å². The van der Waals surface area contributed by atoms with Crippen molar-refractivity contribution >= 4 is 8.15 Å². The molecule has 2 heteroatoms. The summed E-state index contributed by atoms with van der Waals surface area (Å²) in [7, 11) is -0.681. The molecule has 0 spiro atoms. The molecule has 0 amide bonds. The van der Waals surface area contributed by atoms with Crippen LogP contribution in [0.25, 0.3) is 0 Å². The van der Waals surface area contributed by atoms with Crippen molar-refractivity contribution in [1.82, 2.24) is 0 Å². The molecule has 0 aliphatic rings. The number of hydrogen-bond donors (Lipinski definition) is 1. The fraction of sp³-hybridized carbons (Fsp3) is 1.00. The highest BCUT2D eigenvalue weighted by Gasteiger charge is 2.11. The second-order valence-corrected chi connectivity index (χ2v) is 5.01. The Labute approximate surface area is 72.0 Å². The smallest absolute Gasteiger partial charge is 0.0251 e. The normalized spacial score (nSPS) is 16.4. The second kappa shape index (κ2) is 7.06. The zero-order valence-corrected chi connectivity index (χ0v) is 8.90. The van der Waals surface area contributed by atoms with Crippen LogP contribution in [0.4, 0.5) is 0 Å². The molecule has 0 aromatic rings. The van der Waals surface area contributed by atoms with Gasteiger partial charge in [0.15, 0.2) is 0 Å². The summed E-state index contributed by atoms with van der Waals surface area (Å²) in [6.45, 7) is 6.36. The summed E-state index contributed by atoms with van der Waals surface area (Å²) in [6, 6.07) is 0. The maximum Gasteiger partial charge on any atom is 0.0251 e. The Balaban J connectivity index is 3.36. The summed E-state index contributed by atoms with van der Waals surface area (Å²) in [5.41, 5.74) is 0.594. The topological polar surface area (TPSA) is 20.2 Å². The van der Waals surface area contributed by atoms with Gasteiger partial charge in [-0.25, -0.2) is 0 Å². The first-order valence-electron chi connectivity index (χ1n) is 4.64. The molecule has 0 fully saturated rings. The van der Waals surface area contributed by atoms with E-state index in [1.807, 2.05) is 6.66 Å². The van der Waals surface area contributed by atoms with E-state index in [9.17, 15) is 4.89 Å². The molecule has 2 atom stereocenters. The summed E-state index contributed by atoms with van der Waals surface area (Å²) in [4.78, 5) is 9.38. The molecule has 2 unspecified atom stereocenters. The molecule has 0 saturated heterocycles. The van der Waals surface area contributed by atoms with E-state index in [0.717, 1.165) is 6.42 Å². The molecule has 0 heterocycles. The molecule has 0 bridgehead atoms. The Kier molecular flexibility index (Phi) is 7.31. The number of hydrogen-bond acceptors (Lipinski definition) is 1. The summed E-state index contributed by atoms with van der Waals surface area (Å²) in [6.07, 6.45) is 6.26. The van der Waals surface area contributed by atoms with Crippen LogP contribution in [0.3, 0.4) is 0 Å². The summed E-state index contributed by atoms with van der Waals surface area (Å²) >= 11 is 0. The zero-order valence-electron chi connectivity index (χ0n) is 8.01. The molecule has 0 aromatic carbocycles. The van der Waals surface area contributed by atoms with Gasteiger partial charge in [0.25, 0.3) is 0 Å². The largest absolute Gasteiger partial charge is 0.374 e. The van der Waals surface area contributed by atoms with Crippen molar-refractivity contribution in [3.63, 3.8) is 0 Å². The minimum atomic E-state index is -0.681. The van der Waals surface area contributed by atoms with E-state index in [4.69, 9.17) is 0 Å². The Morgan fingerprint density at radius 1 is 1.27 bits per heavy atom. The van der Waals surface area contributed by atoms with E-state index in [0.29, 0.717) is 5.66 Å². The average molecular weight is 176 g/mol. The van der Waals surface area contributed by atoms with Gasteiger partial charge in [0.2, 0.25) is 0 Å². The lowest BCUT2D eigenvalue weighted by Crippen LogP contribution is -2.02. The molecule has 68 valence electrons. The van der Waals surface area contributed by atoms with Crippen molar-refractivity contribution in [3.05, 3.63) is 0 Å². The van der Waals surface area contributed by atoms with Gasteiger partial charge in [-0.3, -0.25) is 0 Å². The highest BCUT2D eigenvalue weighted by Crippen LogP contribution is 2.36. The van der Waals surface area contributed by atoms with E-state index < -0.39 is 8.15 Å². The first-order chi connectivity index (χ1) is 5.22. The van der Waals surface area contributed by atoms with Gasteiger partial charge in [-0.15, -0.1) is 0 Å². The van der Waals surface area contributed by atoms with E-state index in [2.05, 4.69) is 13.8 Å². The molecular weight excluding hydrogens is 155 g/mol. The molecule has 1 nitrogen and oxygen atoms in total. The Bertz CT molecular complexity index is 83.6. The molecule has 0 radical (unpaired) electrons. The van der Waals surface area contributed by atoms with Crippen molar-refractivity contribution in [2.45, 2.75) is 51.6 Å². The molecule has 0 rings (SSSR count). The van der Waals surface area contributed by atoms with Crippen LogP contribution in [0.1, 0.15) is 46.0 Å². The highest BCUT2D eigenvalue weighted by atomic mass is 31.1. The molecule has 0 aliphatic carbocycles. The van der Waals surface area contributed by atoms with Crippen molar-refractivity contribution in [2.24, 2.45) is 0 Å². The molecular formula is C9H21OP. The Hall–Kier alpha value is 0.390. The predicted molar refractivity (Wildman–Crippen MR) is 53.3 cm³/mol. The SMILES string of the molecule is CCCCCC(CC)P(C)O. The molecule has 0 aromatic heterocycles. The van der Waals surface area contributed by atoms with Gasteiger partial charge >= 0.3 is 0 Å². The van der Waals surface area contributed by atoms with Crippen LogP contribution in [0, 0.1) is 0 Å². The first-order valence-corrected chi connectivity index (χ1v) is 6.45. The van der Waals surface area contributed by atoms with Crippen molar-refractivity contribution in [3.8, 4) is 0 Å². The lowest BCUT2D eigenvalue weighted by Gasteiger charge is -2.16. The van der Waals surface area contributed by atoms with E-state index >= 15 is 0 Å². The van der Waals surface area contributed by atoms with Crippen molar-refractivity contribution in [2.75, 3.05) is 6.66 Å². The van der Waals surface area contributed by atoms with E-state index in [-0.39, 0.29) is 0 Å². The van der Waals surface area contributed by atoms with Gasteiger partial charge < -0.3 is 4.89 Å². The quantitative estimate of drug-likeness (QED) is 0.486. The highest BCUT2D eigenvalue weighted by molar-refractivity contribution is 7.51. The van der Waals surface area contributed by atoms with Crippen molar-refractivity contribution in [1.29, 1.82) is 0 Å². The van der Waals surface area contributed by atoms with Crippen molar-refractivity contribution < 1.29 is 4.89 Å². The van der Waals surface area contributed by atoms with E-state index in [1.165, 1.54) is 25.7 Å². The van der Waals surface area contributed by atoms with Gasteiger partial charge in [-0.2, -0.15) is 0 Å². The summed E-state index contributed by atoms with van der Waals surface area (Å²) in [5.74, 6) is 0. The maximum absolute atomic E-state index is 9.38. The fourth-order valence-corrected chi connectivity index (χ4v) is 2.37. The van der Waals surface area contributed by atoms with Crippen LogP contribution in [0.5, 0.6) is 0 Å². The average Bonchev–Trinajstić information content (AvgIpc) is 1.97. The summed E-state index contributed by atoms with van der Waals surface area (Å²) < 4.78 is 0. The van der Waals surface area contributed by atoms with Crippen LogP contribution in [0.15, 0.2) is 0 Å². The second-order valence-electron chi connectivity index (χ2n) is 3.13.